The fraction of sp³-hybridized carbons (Fsp3) is 1.00. The molecule has 0 atom stereocenters. The summed E-state index contributed by atoms with van der Waals surface area (Å²) < 4.78 is 0. The van der Waals surface area contributed by atoms with E-state index in [1.807, 2.05) is 0 Å². The Kier molecular flexibility index (Phi) is 6.55. The van der Waals surface area contributed by atoms with Gasteiger partial charge < -0.3 is 0 Å². The smallest absolute Gasteiger partial charge is 0.147 e. The normalized spacial score (nSPS) is 12.6. The van der Waals surface area contributed by atoms with Gasteiger partial charge in [-0.2, -0.15) is 0 Å². The first kappa shape index (κ1) is 11.9. The minimum absolute atomic E-state index is 0.658. The van der Waals surface area contributed by atoms with Crippen LogP contribution in [0, 0.1) is 0 Å². The van der Waals surface area contributed by atoms with Crippen molar-refractivity contribution in [2.24, 2.45) is 0 Å². The molecular weight excluding hydrogens is 269 g/mol. The maximum absolute atomic E-state index is 5.61. The predicted molar refractivity (Wildman–Crippen MR) is 55.0 cm³/mol. The van der Waals surface area contributed by atoms with Crippen LogP contribution in [0.4, 0.5) is 0 Å². The van der Waals surface area contributed by atoms with E-state index in [0.29, 0.717) is 6.04 Å². The van der Waals surface area contributed by atoms with Crippen molar-refractivity contribution in [2.75, 3.05) is 0 Å². The quantitative estimate of drug-likeness (QED) is 0.537. The fourth-order valence-electron chi connectivity index (χ4n) is 0.422. The molecule has 0 saturated carbocycles. The lowest BCUT2D eigenvalue weighted by Gasteiger charge is -2.05. The molecular formula is C3H6Cl5Si2. The SMILES string of the molecule is Cl[Si](Cl)CCC[Si](Cl)(Cl)Cl. The molecule has 0 aromatic heterocycles. The first-order chi connectivity index (χ1) is 4.42. The van der Waals surface area contributed by atoms with Crippen molar-refractivity contribution < 1.29 is 0 Å². The molecule has 0 amide bonds. The van der Waals surface area contributed by atoms with Gasteiger partial charge in [0.15, 0.2) is 0 Å². The monoisotopic (exact) mass is 273 g/mol. The van der Waals surface area contributed by atoms with Crippen molar-refractivity contribution in [1.29, 1.82) is 0 Å². The number of rotatable bonds is 4. The van der Waals surface area contributed by atoms with Crippen molar-refractivity contribution in [3.8, 4) is 0 Å². The molecule has 0 unspecified atom stereocenters. The van der Waals surface area contributed by atoms with Gasteiger partial charge in [0.2, 0.25) is 0 Å². The summed E-state index contributed by atoms with van der Waals surface area (Å²) in [6.45, 7) is 0. The second kappa shape index (κ2) is 5.52. The van der Waals surface area contributed by atoms with Gasteiger partial charge in [-0.05, 0) is 12.1 Å². The minimum Gasteiger partial charge on any atom is -0.147 e. The Morgan fingerprint density at radius 2 is 1.60 bits per heavy atom. The molecule has 0 aliphatic carbocycles. The third-order valence-corrected chi connectivity index (χ3v) is 5.31. The highest BCUT2D eigenvalue weighted by Crippen LogP contribution is 2.28. The molecule has 0 bridgehead atoms. The first-order valence-corrected chi connectivity index (χ1v) is 11.6. The number of halogens is 5. The zero-order valence-corrected chi connectivity index (χ0v) is 10.8. The molecule has 10 heavy (non-hydrogen) atoms. The summed E-state index contributed by atoms with van der Waals surface area (Å²) in [5.41, 5.74) is 0. The van der Waals surface area contributed by atoms with Gasteiger partial charge in [0.05, 0.1) is 0 Å². The van der Waals surface area contributed by atoms with E-state index in [0.717, 1.165) is 12.5 Å². The van der Waals surface area contributed by atoms with Crippen molar-refractivity contribution in [3.63, 3.8) is 0 Å². The lowest BCUT2D eigenvalue weighted by atomic mass is 10.6. The Balaban J connectivity index is 3.21. The summed E-state index contributed by atoms with van der Waals surface area (Å²) in [7, 11) is -1.17. The fourth-order valence-corrected chi connectivity index (χ4v) is 3.80. The first-order valence-electron chi connectivity index (χ1n) is 2.65. The molecule has 0 saturated heterocycles. The molecule has 0 N–H and O–H groups in total. The summed E-state index contributed by atoms with van der Waals surface area (Å²) in [6.07, 6.45) is 0.837. The third kappa shape index (κ3) is 9.88. The number of hydrogen-bond donors (Lipinski definition) is 0. The molecule has 0 nitrogen and oxygen atoms in total. The lowest BCUT2D eigenvalue weighted by molar-refractivity contribution is 1.06. The predicted octanol–water partition coefficient (Wildman–Crippen LogP) is 4.00. The second-order valence-corrected chi connectivity index (χ2v) is 15.6. The summed E-state index contributed by atoms with van der Waals surface area (Å²) in [5.74, 6) is 0. The molecule has 0 spiro atoms. The molecule has 0 aromatic carbocycles. The molecule has 0 heterocycles. The Morgan fingerprint density at radius 1 is 1.10 bits per heavy atom. The Hall–Kier alpha value is 1.88. The average molecular weight is 276 g/mol. The van der Waals surface area contributed by atoms with Crippen molar-refractivity contribution >= 4 is 68.8 Å². The Bertz CT molecular complexity index is 89.4. The lowest BCUT2D eigenvalue weighted by Crippen LogP contribution is -2.08. The van der Waals surface area contributed by atoms with Crippen LogP contribution in [0.25, 0.3) is 0 Å². The van der Waals surface area contributed by atoms with E-state index < -0.39 is 13.4 Å². The molecule has 61 valence electrons. The van der Waals surface area contributed by atoms with Gasteiger partial charge in [0, 0.05) is 0 Å². The largest absolute Gasteiger partial charge is 0.341 e. The molecule has 0 aliphatic heterocycles. The molecule has 0 rings (SSSR count). The van der Waals surface area contributed by atoms with Gasteiger partial charge in [-0.1, -0.05) is 6.42 Å². The second-order valence-electron chi connectivity index (χ2n) is 1.81. The highest BCUT2D eigenvalue weighted by Gasteiger charge is 2.24. The van der Waals surface area contributed by atoms with Crippen LogP contribution < -0.4 is 0 Å². The molecule has 1 radical (unpaired) electrons. The van der Waals surface area contributed by atoms with E-state index in [1.165, 1.54) is 0 Å². The van der Waals surface area contributed by atoms with Gasteiger partial charge in [-0.15, -0.1) is 55.4 Å². The highest BCUT2D eigenvalue weighted by molar-refractivity contribution is 7.64. The maximum atomic E-state index is 5.61. The van der Waals surface area contributed by atoms with E-state index in [9.17, 15) is 0 Å². The van der Waals surface area contributed by atoms with Gasteiger partial charge in [0.25, 0.3) is 7.42 Å². The number of hydrogen-bond acceptors (Lipinski definition) is 0. The Labute approximate surface area is 86.9 Å². The van der Waals surface area contributed by atoms with Gasteiger partial charge in [-0.25, -0.2) is 0 Å². The summed E-state index contributed by atoms with van der Waals surface area (Å²) in [4.78, 5) is 0. The minimum atomic E-state index is -2.41. The Morgan fingerprint density at radius 3 is 1.90 bits per heavy atom. The topological polar surface area (TPSA) is 0 Å². The molecule has 0 aromatic rings. The van der Waals surface area contributed by atoms with E-state index in [2.05, 4.69) is 0 Å². The highest BCUT2D eigenvalue weighted by atomic mass is 35.8. The average Bonchev–Trinajstić information content (AvgIpc) is 1.59. The molecule has 0 fully saturated rings. The molecule has 0 aliphatic rings. The maximum Gasteiger partial charge on any atom is 0.341 e. The van der Waals surface area contributed by atoms with Crippen molar-refractivity contribution in [3.05, 3.63) is 0 Å². The van der Waals surface area contributed by atoms with Crippen LogP contribution in [-0.2, 0) is 0 Å². The van der Waals surface area contributed by atoms with E-state index in [-0.39, 0.29) is 0 Å². The summed E-state index contributed by atoms with van der Waals surface area (Å²) >= 11 is 28.0. The van der Waals surface area contributed by atoms with E-state index in [4.69, 9.17) is 55.4 Å². The van der Waals surface area contributed by atoms with Crippen LogP contribution in [0.5, 0.6) is 0 Å². The standard InChI is InChI=1S/C3H6Cl5Si2/c4-9(5)2-1-3-10(6,7)8/h1-3H2. The van der Waals surface area contributed by atoms with Crippen molar-refractivity contribution in [2.45, 2.75) is 18.5 Å². The van der Waals surface area contributed by atoms with E-state index in [1.54, 1.807) is 0 Å². The summed E-state index contributed by atoms with van der Waals surface area (Å²) in [5, 5.41) is 0. The zero-order chi connectivity index (χ0) is 8.20. The third-order valence-electron chi connectivity index (χ3n) is 0.826. The van der Waals surface area contributed by atoms with Gasteiger partial charge in [0.1, 0.15) is 0 Å². The summed E-state index contributed by atoms with van der Waals surface area (Å²) in [6, 6.07) is -0.950. The van der Waals surface area contributed by atoms with Gasteiger partial charge in [-0.3, -0.25) is 0 Å². The van der Waals surface area contributed by atoms with Crippen LogP contribution in [0.3, 0.4) is 0 Å². The van der Waals surface area contributed by atoms with Crippen LogP contribution >= 0.6 is 55.4 Å². The van der Waals surface area contributed by atoms with Crippen molar-refractivity contribution in [1.82, 2.24) is 0 Å². The zero-order valence-electron chi connectivity index (χ0n) is 5.01. The van der Waals surface area contributed by atoms with Crippen LogP contribution in [-0.4, -0.2) is 13.4 Å². The van der Waals surface area contributed by atoms with Crippen LogP contribution in [0.2, 0.25) is 12.1 Å². The van der Waals surface area contributed by atoms with Crippen LogP contribution in [0.15, 0.2) is 0 Å². The molecule has 7 heteroatoms. The van der Waals surface area contributed by atoms with Crippen LogP contribution in [0.1, 0.15) is 6.42 Å². The van der Waals surface area contributed by atoms with Gasteiger partial charge >= 0.3 is 6.00 Å². The van der Waals surface area contributed by atoms with E-state index >= 15 is 0 Å².